The van der Waals surface area contributed by atoms with Gasteiger partial charge in [0.15, 0.2) is 0 Å². The van der Waals surface area contributed by atoms with E-state index in [-0.39, 0.29) is 5.91 Å². The molecule has 0 aliphatic heterocycles. The van der Waals surface area contributed by atoms with E-state index < -0.39 is 0 Å². The van der Waals surface area contributed by atoms with Gasteiger partial charge < -0.3 is 5.32 Å². The Balaban J connectivity index is 3.14. The lowest BCUT2D eigenvalue weighted by Gasteiger charge is -2.07. The number of nitrogens with one attached hydrogen (secondary N) is 1. The van der Waals surface area contributed by atoms with Crippen molar-refractivity contribution in [2.45, 2.75) is 91.9 Å². The second-order valence-corrected chi connectivity index (χ2v) is 6.94. The summed E-state index contributed by atoms with van der Waals surface area (Å²) in [4.78, 5) is 11.5. The maximum absolute atomic E-state index is 11.5. The van der Waals surface area contributed by atoms with Crippen LogP contribution in [0, 0.1) is 11.8 Å². The molecular formula is C18H37NO. The van der Waals surface area contributed by atoms with E-state index in [4.69, 9.17) is 0 Å². The highest BCUT2D eigenvalue weighted by Gasteiger charge is 2.02. The zero-order valence-corrected chi connectivity index (χ0v) is 14.3. The number of hydrogen-bond donors (Lipinski definition) is 1. The summed E-state index contributed by atoms with van der Waals surface area (Å²) in [5.41, 5.74) is 0. The van der Waals surface area contributed by atoms with Crippen molar-refractivity contribution < 1.29 is 4.79 Å². The molecule has 1 amide bonds. The van der Waals surface area contributed by atoms with Crippen LogP contribution in [-0.2, 0) is 4.79 Å². The molecule has 0 saturated heterocycles. The van der Waals surface area contributed by atoms with Crippen LogP contribution in [-0.4, -0.2) is 12.5 Å². The van der Waals surface area contributed by atoms with Crippen LogP contribution in [0.2, 0.25) is 0 Å². The average molecular weight is 284 g/mol. The Labute approximate surface area is 127 Å². The van der Waals surface area contributed by atoms with Gasteiger partial charge >= 0.3 is 0 Å². The molecule has 0 aromatic carbocycles. The molecule has 0 heterocycles. The molecule has 0 saturated carbocycles. The van der Waals surface area contributed by atoms with E-state index in [1.807, 2.05) is 0 Å². The first-order chi connectivity index (χ1) is 9.52. The molecule has 20 heavy (non-hydrogen) atoms. The molecule has 120 valence electrons. The number of hydrogen-bond acceptors (Lipinski definition) is 1. The highest BCUT2D eigenvalue weighted by atomic mass is 16.1. The van der Waals surface area contributed by atoms with Crippen LogP contribution in [0.5, 0.6) is 0 Å². The molecule has 0 radical (unpaired) electrons. The topological polar surface area (TPSA) is 29.1 Å². The molecular weight excluding hydrogens is 246 g/mol. The molecule has 0 aliphatic carbocycles. The summed E-state index contributed by atoms with van der Waals surface area (Å²) in [6.45, 7) is 9.79. The van der Waals surface area contributed by atoms with Gasteiger partial charge in [-0.05, 0) is 24.7 Å². The SMILES string of the molecule is CC(C)CCCCCCCCCNC(=O)CCC(C)C. The van der Waals surface area contributed by atoms with Crippen LogP contribution in [0.3, 0.4) is 0 Å². The quantitative estimate of drug-likeness (QED) is 0.456. The molecule has 0 unspecified atom stereocenters. The van der Waals surface area contributed by atoms with Crippen molar-refractivity contribution in [3.05, 3.63) is 0 Å². The lowest BCUT2D eigenvalue weighted by molar-refractivity contribution is -0.121. The monoisotopic (exact) mass is 283 g/mol. The van der Waals surface area contributed by atoms with Gasteiger partial charge in [0.05, 0.1) is 0 Å². The normalized spacial score (nSPS) is 11.3. The van der Waals surface area contributed by atoms with Crippen molar-refractivity contribution in [2.24, 2.45) is 11.8 Å². The first kappa shape index (κ1) is 19.5. The van der Waals surface area contributed by atoms with E-state index in [2.05, 4.69) is 33.0 Å². The van der Waals surface area contributed by atoms with Crippen molar-refractivity contribution in [3.8, 4) is 0 Å². The van der Waals surface area contributed by atoms with E-state index in [1.165, 1.54) is 44.9 Å². The Morgan fingerprint density at radius 1 is 0.750 bits per heavy atom. The predicted octanol–water partition coefficient (Wildman–Crippen LogP) is 5.32. The van der Waals surface area contributed by atoms with Crippen LogP contribution in [0.15, 0.2) is 0 Å². The van der Waals surface area contributed by atoms with Crippen molar-refractivity contribution in [1.82, 2.24) is 5.32 Å². The Morgan fingerprint density at radius 2 is 1.25 bits per heavy atom. The second-order valence-electron chi connectivity index (χ2n) is 6.94. The third-order valence-corrected chi connectivity index (χ3v) is 3.73. The minimum Gasteiger partial charge on any atom is -0.356 e. The number of carbonyl (C=O) groups is 1. The standard InChI is InChI=1S/C18H37NO/c1-16(2)12-10-8-6-5-7-9-11-15-19-18(20)14-13-17(3)4/h16-17H,5-15H2,1-4H3,(H,19,20). The predicted molar refractivity (Wildman–Crippen MR) is 88.9 cm³/mol. The van der Waals surface area contributed by atoms with E-state index >= 15 is 0 Å². The third kappa shape index (κ3) is 15.5. The molecule has 0 aliphatic rings. The van der Waals surface area contributed by atoms with Crippen LogP contribution >= 0.6 is 0 Å². The Bertz CT molecular complexity index is 223. The smallest absolute Gasteiger partial charge is 0.220 e. The van der Waals surface area contributed by atoms with E-state index in [1.54, 1.807) is 0 Å². The maximum atomic E-state index is 11.5. The van der Waals surface area contributed by atoms with Gasteiger partial charge in [0, 0.05) is 13.0 Å². The zero-order valence-electron chi connectivity index (χ0n) is 14.3. The minimum atomic E-state index is 0.229. The molecule has 0 atom stereocenters. The van der Waals surface area contributed by atoms with E-state index in [0.717, 1.165) is 25.3 Å². The molecule has 0 spiro atoms. The number of amides is 1. The maximum Gasteiger partial charge on any atom is 0.220 e. The van der Waals surface area contributed by atoms with Crippen molar-refractivity contribution in [1.29, 1.82) is 0 Å². The second kappa shape index (κ2) is 13.5. The summed E-state index contributed by atoms with van der Waals surface area (Å²) in [6, 6.07) is 0. The number of rotatable bonds is 13. The molecule has 1 N–H and O–H groups in total. The Morgan fingerprint density at radius 3 is 1.80 bits per heavy atom. The van der Waals surface area contributed by atoms with Crippen molar-refractivity contribution in [2.75, 3.05) is 6.54 Å². The van der Waals surface area contributed by atoms with Gasteiger partial charge in [0.25, 0.3) is 0 Å². The first-order valence-electron chi connectivity index (χ1n) is 8.79. The fourth-order valence-corrected chi connectivity index (χ4v) is 2.30. The highest BCUT2D eigenvalue weighted by Crippen LogP contribution is 2.11. The molecule has 0 aromatic rings. The summed E-state index contributed by atoms with van der Waals surface area (Å²) in [5.74, 6) is 1.71. The fourth-order valence-electron chi connectivity index (χ4n) is 2.30. The minimum absolute atomic E-state index is 0.229. The van der Waals surface area contributed by atoms with Crippen LogP contribution in [0.1, 0.15) is 91.9 Å². The number of carbonyl (C=O) groups excluding carboxylic acids is 1. The Hall–Kier alpha value is -0.530. The van der Waals surface area contributed by atoms with Gasteiger partial charge in [-0.15, -0.1) is 0 Å². The van der Waals surface area contributed by atoms with Crippen LogP contribution < -0.4 is 5.32 Å². The molecule has 2 heteroatoms. The van der Waals surface area contributed by atoms with Crippen LogP contribution in [0.25, 0.3) is 0 Å². The van der Waals surface area contributed by atoms with Gasteiger partial charge in [0.1, 0.15) is 0 Å². The van der Waals surface area contributed by atoms with Gasteiger partial charge in [-0.2, -0.15) is 0 Å². The molecule has 0 rings (SSSR count). The lowest BCUT2D eigenvalue weighted by Crippen LogP contribution is -2.24. The third-order valence-electron chi connectivity index (χ3n) is 3.73. The largest absolute Gasteiger partial charge is 0.356 e. The highest BCUT2D eigenvalue weighted by molar-refractivity contribution is 5.75. The van der Waals surface area contributed by atoms with E-state index in [0.29, 0.717) is 12.3 Å². The van der Waals surface area contributed by atoms with Gasteiger partial charge in [0.2, 0.25) is 5.91 Å². The summed E-state index contributed by atoms with van der Waals surface area (Å²) < 4.78 is 0. The molecule has 0 bridgehead atoms. The lowest BCUT2D eigenvalue weighted by atomic mass is 10.0. The summed E-state index contributed by atoms with van der Waals surface area (Å²) in [6.07, 6.45) is 12.3. The van der Waals surface area contributed by atoms with Gasteiger partial charge in [-0.25, -0.2) is 0 Å². The van der Waals surface area contributed by atoms with Crippen molar-refractivity contribution in [3.63, 3.8) is 0 Å². The zero-order chi connectivity index (χ0) is 15.2. The summed E-state index contributed by atoms with van der Waals surface area (Å²) >= 11 is 0. The van der Waals surface area contributed by atoms with E-state index in [9.17, 15) is 4.79 Å². The first-order valence-corrected chi connectivity index (χ1v) is 8.79. The summed E-state index contributed by atoms with van der Waals surface area (Å²) in [7, 11) is 0. The molecule has 2 nitrogen and oxygen atoms in total. The fraction of sp³-hybridized carbons (Fsp3) is 0.944. The molecule has 0 aromatic heterocycles. The average Bonchev–Trinajstić information content (AvgIpc) is 2.38. The van der Waals surface area contributed by atoms with Gasteiger partial charge in [-0.1, -0.05) is 72.6 Å². The Kier molecular flexibility index (Phi) is 13.1. The van der Waals surface area contributed by atoms with Crippen LogP contribution in [0.4, 0.5) is 0 Å². The molecule has 0 fully saturated rings. The number of unbranched alkanes of at least 4 members (excludes halogenated alkanes) is 6. The summed E-state index contributed by atoms with van der Waals surface area (Å²) in [5, 5.41) is 3.02. The van der Waals surface area contributed by atoms with Gasteiger partial charge in [-0.3, -0.25) is 4.79 Å². The van der Waals surface area contributed by atoms with Crippen molar-refractivity contribution >= 4 is 5.91 Å².